The van der Waals surface area contributed by atoms with Gasteiger partial charge in [0.15, 0.2) is 0 Å². The molecule has 120 valence electrons. The first-order chi connectivity index (χ1) is 10.3. The first-order valence-electron chi connectivity index (χ1n) is 8.29. The quantitative estimate of drug-likeness (QED) is 0.872. The second-order valence-corrected chi connectivity index (χ2v) is 6.41. The molecule has 3 heteroatoms. The Labute approximate surface area is 139 Å². The average Bonchev–Trinajstić information content (AvgIpc) is 3.27. The highest BCUT2D eigenvalue weighted by atomic mass is 35.5. The van der Waals surface area contributed by atoms with Gasteiger partial charge < -0.3 is 5.32 Å². The van der Waals surface area contributed by atoms with Gasteiger partial charge in [0.2, 0.25) is 0 Å². The molecule has 0 aliphatic heterocycles. The van der Waals surface area contributed by atoms with Crippen LogP contribution in [0.25, 0.3) is 6.08 Å². The fourth-order valence-electron chi connectivity index (χ4n) is 3.43. The fourth-order valence-corrected chi connectivity index (χ4v) is 3.43. The van der Waals surface area contributed by atoms with Gasteiger partial charge in [-0.1, -0.05) is 48.9 Å². The highest BCUT2D eigenvalue weighted by Gasteiger charge is 2.40. The molecule has 0 saturated heterocycles. The number of ketones is 1. The maximum atomic E-state index is 11.3. The normalized spacial score (nSPS) is 25.7. The molecule has 3 rings (SSSR count). The molecule has 0 radical (unpaired) electrons. The molecule has 2 unspecified atom stereocenters. The summed E-state index contributed by atoms with van der Waals surface area (Å²) in [6.45, 7) is 2.25. The molecule has 1 aromatic rings. The molecule has 0 amide bonds. The van der Waals surface area contributed by atoms with E-state index in [9.17, 15) is 4.79 Å². The highest BCUT2D eigenvalue weighted by Crippen LogP contribution is 2.40. The third-order valence-corrected chi connectivity index (χ3v) is 4.82. The van der Waals surface area contributed by atoms with E-state index in [1.54, 1.807) is 5.57 Å². The number of hydrogen-bond acceptors (Lipinski definition) is 2. The number of hydrogen-bond donors (Lipinski definition) is 1. The zero-order valence-corrected chi connectivity index (χ0v) is 14.1. The molecule has 1 N–H and O–H groups in total. The number of carbonyl (C=O) groups excluding carboxylic acids is 1. The molecule has 2 atom stereocenters. The van der Waals surface area contributed by atoms with Crippen LogP contribution in [0.5, 0.6) is 0 Å². The summed E-state index contributed by atoms with van der Waals surface area (Å²) >= 11 is 0. The zero-order valence-electron chi connectivity index (χ0n) is 13.3. The van der Waals surface area contributed by atoms with Crippen LogP contribution < -0.4 is 5.32 Å². The molecule has 2 fully saturated rings. The van der Waals surface area contributed by atoms with Gasteiger partial charge in [0.05, 0.1) is 0 Å². The molecular formula is C19H26ClNO. The molecule has 22 heavy (non-hydrogen) atoms. The maximum absolute atomic E-state index is 11.3. The van der Waals surface area contributed by atoms with Crippen LogP contribution in [0.2, 0.25) is 0 Å². The lowest BCUT2D eigenvalue weighted by atomic mass is 9.94. The number of Topliss-reactive ketones (excluding diaryl/α,β-unsaturated/α-hetero) is 1. The van der Waals surface area contributed by atoms with Crippen molar-refractivity contribution in [3.8, 4) is 0 Å². The van der Waals surface area contributed by atoms with Crippen LogP contribution in [0.15, 0.2) is 35.9 Å². The van der Waals surface area contributed by atoms with Crippen LogP contribution >= 0.6 is 12.4 Å². The smallest absolute Gasteiger partial charge is 0.133 e. The Morgan fingerprint density at radius 1 is 1.23 bits per heavy atom. The Balaban J connectivity index is 0.00000176. The summed E-state index contributed by atoms with van der Waals surface area (Å²) in [7, 11) is 0. The van der Waals surface area contributed by atoms with E-state index in [4.69, 9.17) is 0 Å². The van der Waals surface area contributed by atoms with Crippen molar-refractivity contribution in [2.24, 2.45) is 5.92 Å². The van der Waals surface area contributed by atoms with Crippen molar-refractivity contribution in [2.45, 2.75) is 57.5 Å². The molecule has 2 aliphatic rings. The minimum absolute atomic E-state index is 0. The van der Waals surface area contributed by atoms with Gasteiger partial charge in [0.25, 0.3) is 0 Å². The standard InChI is InChI=1S/C19H25NO.ClH/c1-2-15(12-14-6-4-3-5-7-14)18-13-19(18)20-16-8-10-17(21)11-9-16;/h3-7,12,16,18-20H,2,8-11,13H2,1H3;1H. The van der Waals surface area contributed by atoms with Crippen molar-refractivity contribution >= 4 is 24.3 Å². The van der Waals surface area contributed by atoms with E-state index in [0.717, 1.165) is 32.1 Å². The minimum atomic E-state index is 0. The van der Waals surface area contributed by atoms with Gasteiger partial charge >= 0.3 is 0 Å². The highest BCUT2D eigenvalue weighted by molar-refractivity contribution is 5.85. The van der Waals surface area contributed by atoms with Crippen LogP contribution in [0, 0.1) is 5.92 Å². The fraction of sp³-hybridized carbons (Fsp3) is 0.526. The van der Waals surface area contributed by atoms with Crippen LogP contribution in [0.1, 0.15) is 51.0 Å². The predicted octanol–water partition coefficient (Wildman–Crippen LogP) is 4.39. The summed E-state index contributed by atoms with van der Waals surface area (Å²) in [6, 6.07) is 11.8. The van der Waals surface area contributed by atoms with Gasteiger partial charge in [0, 0.05) is 24.9 Å². The Kier molecular flexibility index (Phi) is 6.22. The van der Waals surface area contributed by atoms with E-state index >= 15 is 0 Å². The monoisotopic (exact) mass is 319 g/mol. The van der Waals surface area contributed by atoms with Crippen molar-refractivity contribution in [1.29, 1.82) is 0 Å². The molecule has 0 heterocycles. The molecule has 0 aromatic heterocycles. The largest absolute Gasteiger partial charge is 0.311 e. The lowest BCUT2D eigenvalue weighted by molar-refractivity contribution is -0.120. The molecule has 0 spiro atoms. The van der Waals surface area contributed by atoms with Crippen molar-refractivity contribution in [3.63, 3.8) is 0 Å². The zero-order chi connectivity index (χ0) is 14.7. The Hall–Kier alpha value is -1.12. The van der Waals surface area contributed by atoms with Crippen LogP contribution in [-0.2, 0) is 4.79 Å². The van der Waals surface area contributed by atoms with Crippen molar-refractivity contribution < 1.29 is 4.79 Å². The molecule has 2 saturated carbocycles. The third kappa shape index (κ3) is 4.44. The summed E-state index contributed by atoms with van der Waals surface area (Å²) in [5.74, 6) is 1.14. The van der Waals surface area contributed by atoms with Crippen molar-refractivity contribution in [1.82, 2.24) is 5.32 Å². The van der Waals surface area contributed by atoms with E-state index in [2.05, 4.69) is 48.6 Å². The topological polar surface area (TPSA) is 29.1 Å². The predicted molar refractivity (Wildman–Crippen MR) is 94.3 cm³/mol. The third-order valence-electron chi connectivity index (χ3n) is 4.82. The molecule has 0 bridgehead atoms. The summed E-state index contributed by atoms with van der Waals surface area (Å²) in [5.41, 5.74) is 2.87. The molecule has 2 nitrogen and oxygen atoms in total. The lowest BCUT2D eigenvalue weighted by Gasteiger charge is -2.22. The molecule has 1 aromatic carbocycles. The summed E-state index contributed by atoms with van der Waals surface area (Å²) < 4.78 is 0. The van der Waals surface area contributed by atoms with Gasteiger partial charge in [-0.25, -0.2) is 0 Å². The van der Waals surface area contributed by atoms with E-state index in [0.29, 0.717) is 23.8 Å². The van der Waals surface area contributed by atoms with Gasteiger partial charge in [-0.2, -0.15) is 0 Å². The molecule has 2 aliphatic carbocycles. The Bertz CT molecular complexity index is 515. The second-order valence-electron chi connectivity index (χ2n) is 6.41. The van der Waals surface area contributed by atoms with Gasteiger partial charge in [-0.05, 0) is 37.2 Å². The van der Waals surface area contributed by atoms with E-state index in [-0.39, 0.29) is 12.4 Å². The minimum Gasteiger partial charge on any atom is -0.311 e. The number of rotatable bonds is 5. The van der Waals surface area contributed by atoms with Gasteiger partial charge in [-0.15, -0.1) is 12.4 Å². The van der Waals surface area contributed by atoms with Crippen molar-refractivity contribution in [3.05, 3.63) is 41.5 Å². The average molecular weight is 320 g/mol. The SMILES string of the molecule is CCC(=Cc1ccccc1)C1CC1NC1CCC(=O)CC1.Cl. The first kappa shape index (κ1) is 17.2. The number of benzene rings is 1. The van der Waals surface area contributed by atoms with Crippen LogP contribution in [0.4, 0.5) is 0 Å². The first-order valence-corrected chi connectivity index (χ1v) is 8.29. The Morgan fingerprint density at radius 2 is 1.91 bits per heavy atom. The summed E-state index contributed by atoms with van der Waals surface area (Å²) in [4.78, 5) is 11.3. The van der Waals surface area contributed by atoms with Crippen LogP contribution in [-0.4, -0.2) is 17.9 Å². The summed E-state index contributed by atoms with van der Waals surface area (Å²) in [6.07, 6.45) is 8.36. The van der Waals surface area contributed by atoms with E-state index in [1.165, 1.54) is 12.0 Å². The Morgan fingerprint density at radius 3 is 2.55 bits per heavy atom. The van der Waals surface area contributed by atoms with Crippen LogP contribution in [0.3, 0.4) is 0 Å². The maximum Gasteiger partial charge on any atom is 0.133 e. The molecular weight excluding hydrogens is 294 g/mol. The second kappa shape index (κ2) is 7.94. The summed E-state index contributed by atoms with van der Waals surface area (Å²) in [5, 5.41) is 3.77. The van der Waals surface area contributed by atoms with Gasteiger partial charge in [0.1, 0.15) is 5.78 Å². The van der Waals surface area contributed by atoms with Gasteiger partial charge in [-0.3, -0.25) is 4.79 Å². The van der Waals surface area contributed by atoms with E-state index in [1.807, 2.05) is 0 Å². The number of halogens is 1. The van der Waals surface area contributed by atoms with Crippen molar-refractivity contribution in [2.75, 3.05) is 0 Å². The number of nitrogens with one attached hydrogen (secondary N) is 1. The lowest BCUT2D eigenvalue weighted by Crippen LogP contribution is -2.35. The van der Waals surface area contributed by atoms with E-state index < -0.39 is 0 Å². The number of carbonyl (C=O) groups is 1.